The van der Waals surface area contributed by atoms with Gasteiger partial charge in [0.25, 0.3) is 5.56 Å². The van der Waals surface area contributed by atoms with Crippen molar-refractivity contribution in [2.24, 2.45) is 0 Å². The molecule has 0 unspecified atom stereocenters. The van der Waals surface area contributed by atoms with Crippen LogP contribution < -0.4 is 5.56 Å². The molecule has 3 aromatic rings. The fourth-order valence-corrected chi connectivity index (χ4v) is 5.24. The minimum atomic E-state index is -4.03. The smallest absolute Gasteiger partial charge is 0.261 e. The fraction of sp³-hybridized carbons (Fsp3) is 0.263. The third-order valence-corrected chi connectivity index (χ3v) is 7.15. The average molecular weight is 440 g/mol. The monoisotopic (exact) mass is 439 g/mol. The molecule has 1 aromatic heterocycles. The van der Waals surface area contributed by atoms with E-state index in [1.807, 2.05) is 0 Å². The van der Waals surface area contributed by atoms with Crippen molar-refractivity contribution in [3.05, 3.63) is 69.7 Å². The van der Waals surface area contributed by atoms with Crippen LogP contribution in [0, 0.1) is 11.6 Å². The first-order valence-corrected chi connectivity index (χ1v) is 10.7. The van der Waals surface area contributed by atoms with Gasteiger partial charge in [-0.1, -0.05) is 11.6 Å². The van der Waals surface area contributed by atoms with E-state index in [0.29, 0.717) is 34.8 Å². The Labute approximate surface area is 170 Å². The predicted molar refractivity (Wildman–Crippen MR) is 104 cm³/mol. The van der Waals surface area contributed by atoms with Gasteiger partial charge in [0.1, 0.15) is 11.6 Å². The van der Waals surface area contributed by atoms with Crippen LogP contribution in [0.3, 0.4) is 0 Å². The second kappa shape index (κ2) is 7.47. The first kappa shape index (κ1) is 19.9. The standard InChI is InChI=1S/C19H16ClF2N3O3S/c20-12-1-2-18-17(7-12)19(26)25(11-23-18)15-3-5-24(6-4-15)29(27,28)16-9-13(21)8-14(22)10-16/h1-2,7-11,15H,3-6H2. The molecule has 0 atom stereocenters. The Bertz CT molecular complexity index is 1240. The molecule has 0 N–H and O–H groups in total. The maximum Gasteiger partial charge on any atom is 0.261 e. The van der Waals surface area contributed by atoms with Crippen molar-refractivity contribution in [2.75, 3.05) is 13.1 Å². The van der Waals surface area contributed by atoms with E-state index >= 15 is 0 Å². The van der Waals surface area contributed by atoms with Crippen molar-refractivity contribution in [1.82, 2.24) is 13.9 Å². The van der Waals surface area contributed by atoms with E-state index in [4.69, 9.17) is 11.6 Å². The summed E-state index contributed by atoms with van der Waals surface area (Å²) in [5.41, 5.74) is 0.287. The summed E-state index contributed by atoms with van der Waals surface area (Å²) >= 11 is 5.98. The Morgan fingerprint density at radius 1 is 1.03 bits per heavy atom. The highest BCUT2D eigenvalue weighted by Crippen LogP contribution is 2.27. The predicted octanol–water partition coefficient (Wildman–Crippen LogP) is 3.35. The highest BCUT2D eigenvalue weighted by molar-refractivity contribution is 7.89. The second-order valence-corrected chi connectivity index (χ2v) is 9.23. The molecule has 6 nitrogen and oxygen atoms in total. The van der Waals surface area contributed by atoms with E-state index in [0.717, 1.165) is 12.1 Å². The molecule has 1 fully saturated rings. The maximum absolute atomic E-state index is 13.4. The third kappa shape index (κ3) is 3.77. The van der Waals surface area contributed by atoms with Crippen molar-refractivity contribution >= 4 is 32.5 Å². The number of hydrogen-bond acceptors (Lipinski definition) is 4. The molecule has 0 amide bonds. The fourth-order valence-electron chi connectivity index (χ4n) is 3.56. The molecule has 0 bridgehead atoms. The van der Waals surface area contributed by atoms with Crippen molar-refractivity contribution in [3.63, 3.8) is 0 Å². The molecule has 1 aliphatic rings. The Hall–Kier alpha value is -2.36. The lowest BCUT2D eigenvalue weighted by atomic mass is 10.1. The van der Waals surface area contributed by atoms with Crippen LogP contribution in [0.1, 0.15) is 18.9 Å². The van der Waals surface area contributed by atoms with Crippen molar-refractivity contribution in [3.8, 4) is 0 Å². The van der Waals surface area contributed by atoms with Gasteiger partial charge in [0.05, 0.1) is 22.1 Å². The summed E-state index contributed by atoms with van der Waals surface area (Å²) in [7, 11) is -4.03. The van der Waals surface area contributed by atoms with E-state index in [2.05, 4.69) is 4.98 Å². The minimum absolute atomic E-state index is 0.116. The van der Waals surface area contributed by atoms with Gasteiger partial charge in [-0.2, -0.15) is 4.31 Å². The summed E-state index contributed by atoms with van der Waals surface area (Å²) < 4.78 is 55.0. The van der Waals surface area contributed by atoms with Crippen LogP contribution in [0.2, 0.25) is 5.02 Å². The SMILES string of the molecule is O=c1c2cc(Cl)ccc2ncn1C1CCN(S(=O)(=O)c2cc(F)cc(F)c2)CC1. The summed E-state index contributed by atoms with van der Waals surface area (Å²) in [6.07, 6.45) is 2.19. The van der Waals surface area contributed by atoms with E-state index in [9.17, 15) is 22.0 Å². The van der Waals surface area contributed by atoms with Gasteiger partial charge in [-0.05, 0) is 43.2 Å². The van der Waals surface area contributed by atoms with Gasteiger partial charge in [-0.15, -0.1) is 0 Å². The van der Waals surface area contributed by atoms with Gasteiger partial charge in [-0.25, -0.2) is 22.2 Å². The Kier molecular flexibility index (Phi) is 5.14. The molecule has 0 spiro atoms. The van der Waals surface area contributed by atoms with Gasteiger partial charge >= 0.3 is 0 Å². The molecule has 29 heavy (non-hydrogen) atoms. The van der Waals surface area contributed by atoms with Crippen LogP contribution in [-0.2, 0) is 10.0 Å². The molecule has 1 aliphatic heterocycles. The minimum Gasteiger partial charge on any atom is -0.296 e. The number of fused-ring (bicyclic) bond motifs is 1. The Morgan fingerprint density at radius 3 is 2.34 bits per heavy atom. The maximum atomic E-state index is 13.4. The number of benzene rings is 2. The molecule has 1 saturated heterocycles. The van der Waals surface area contributed by atoms with Crippen LogP contribution in [0.25, 0.3) is 10.9 Å². The van der Waals surface area contributed by atoms with Crippen LogP contribution in [0.15, 0.2) is 52.4 Å². The van der Waals surface area contributed by atoms with E-state index < -0.39 is 26.6 Å². The zero-order valence-electron chi connectivity index (χ0n) is 15.1. The van der Waals surface area contributed by atoms with Gasteiger partial charge in [-0.3, -0.25) is 9.36 Å². The van der Waals surface area contributed by atoms with Crippen LogP contribution in [0.5, 0.6) is 0 Å². The number of hydrogen-bond donors (Lipinski definition) is 0. The Morgan fingerprint density at radius 2 is 1.69 bits per heavy atom. The van der Waals surface area contributed by atoms with E-state index in [1.54, 1.807) is 18.2 Å². The van der Waals surface area contributed by atoms with E-state index in [-0.39, 0.29) is 24.7 Å². The quantitative estimate of drug-likeness (QED) is 0.627. The van der Waals surface area contributed by atoms with Gasteiger partial charge < -0.3 is 0 Å². The lowest BCUT2D eigenvalue weighted by Crippen LogP contribution is -2.40. The van der Waals surface area contributed by atoms with Crippen molar-refractivity contribution in [2.45, 2.75) is 23.8 Å². The molecule has 0 aliphatic carbocycles. The number of piperidine rings is 1. The average Bonchev–Trinajstić information content (AvgIpc) is 2.68. The molecule has 2 heterocycles. The van der Waals surface area contributed by atoms with Crippen molar-refractivity contribution < 1.29 is 17.2 Å². The highest BCUT2D eigenvalue weighted by atomic mass is 35.5. The Balaban J connectivity index is 1.57. The summed E-state index contributed by atoms with van der Waals surface area (Å²) in [4.78, 5) is 16.7. The molecular weight excluding hydrogens is 424 g/mol. The number of aromatic nitrogens is 2. The number of nitrogens with zero attached hydrogens (tertiary/aromatic N) is 3. The molecule has 0 radical (unpaired) electrons. The van der Waals surface area contributed by atoms with Crippen molar-refractivity contribution in [1.29, 1.82) is 0 Å². The lowest BCUT2D eigenvalue weighted by Gasteiger charge is -2.32. The van der Waals surface area contributed by atoms with Gasteiger partial charge in [0.15, 0.2) is 0 Å². The lowest BCUT2D eigenvalue weighted by molar-refractivity contribution is 0.269. The number of halogens is 3. The first-order chi connectivity index (χ1) is 13.8. The zero-order valence-corrected chi connectivity index (χ0v) is 16.6. The molecule has 10 heteroatoms. The van der Waals surface area contributed by atoms with Crippen LogP contribution in [0.4, 0.5) is 8.78 Å². The zero-order chi connectivity index (χ0) is 20.8. The van der Waals surface area contributed by atoms with Crippen LogP contribution in [-0.4, -0.2) is 35.4 Å². The molecular formula is C19H16ClF2N3O3S. The topological polar surface area (TPSA) is 72.3 Å². The molecule has 4 rings (SSSR count). The normalized spacial score (nSPS) is 16.4. The number of rotatable bonds is 3. The molecule has 2 aromatic carbocycles. The van der Waals surface area contributed by atoms with Gasteiger partial charge in [0.2, 0.25) is 10.0 Å². The van der Waals surface area contributed by atoms with Gasteiger partial charge in [0, 0.05) is 30.2 Å². The highest BCUT2D eigenvalue weighted by Gasteiger charge is 2.31. The largest absolute Gasteiger partial charge is 0.296 e. The first-order valence-electron chi connectivity index (χ1n) is 8.88. The van der Waals surface area contributed by atoms with E-state index in [1.165, 1.54) is 15.2 Å². The summed E-state index contributed by atoms with van der Waals surface area (Å²) in [5, 5.41) is 0.822. The second-order valence-electron chi connectivity index (χ2n) is 6.86. The van der Waals surface area contributed by atoms with Crippen LogP contribution >= 0.6 is 11.6 Å². The molecule has 152 valence electrons. The third-order valence-electron chi connectivity index (χ3n) is 5.04. The summed E-state index contributed by atoms with van der Waals surface area (Å²) in [5.74, 6) is -1.91. The summed E-state index contributed by atoms with van der Waals surface area (Å²) in [6.45, 7) is 0.232. The summed E-state index contributed by atoms with van der Waals surface area (Å²) in [6, 6.07) is 6.85. The molecule has 0 saturated carbocycles. The number of sulfonamides is 1.